The molecule has 1 aliphatic rings. The normalized spacial score (nSPS) is 17.9. The van der Waals surface area contributed by atoms with Crippen LogP contribution in [0.1, 0.15) is 18.9 Å². The Morgan fingerprint density at radius 1 is 1.02 bits per heavy atom. The number of hydrogen-bond donors (Lipinski definition) is 2. The molecule has 40 heavy (non-hydrogen) atoms. The smallest absolute Gasteiger partial charge is 0.326 e. The molecule has 1 amide bonds. The van der Waals surface area contributed by atoms with Crippen molar-refractivity contribution in [1.29, 1.82) is 0 Å². The molecular formula is C28H28Cl2N2O7S. The van der Waals surface area contributed by atoms with E-state index in [9.17, 15) is 23.1 Å². The van der Waals surface area contributed by atoms with Gasteiger partial charge in [-0.1, -0.05) is 53.5 Å². The zero-order valence-electron chi connectivity index (χ0n) is 22.0. The van der Waals surface area contributed by atoms with Gasteiger partial charge < -0.3 is 19.9 Å². The number of nitrogens with one attached hydrogen (secondary N) is 1. The minimum Gasteiger partial charge on any atom is -0.496 e. The third-order valence-corrected chi connectivity index (χ3v) is 9.41. The van der Waals surface area contributed by atoms with E-state index in [1.807, 2.05) is 30.3 Å². The predicted molar refractivity (Wildman–Crippen MR) is 152 cm³/mol. The predicted octanol–water partition coefficient (Wildman–Crippen LogP) is 4.64. The van der Waals surface area contributed by atoms with E-state index in [0.717, 1.165) is 15.4 Å². The monoisotopic (exact) mass is 606 g/mol. The van der Waals surface area contributed by atoms with Gasteiger partial charge in [0.15, 0.2) is 0 Å². The lowest BCUT2D eigenvalue weighted by molar-refractivity contribution is -0.145. The van der Waals surface area contributed by atoms with Crippen molar-refractivity contribution in [2.45, 2.75) is 36.2 Å². The molecule has 212 valence electrons. The molecule has 12 heteroatoms. The lowest BCUT2D eigenvalue weighted by Gasteiger charge is -2.47. The van der Waals surface area contributed by atoms with E-state index in [1.54, 1.807) is 26.4 Å². The molecular weight excluding hydrogens is 579 g/mol. The van der Waals surface area contributed by atoms with Crippen LogP contribution in [0.5, 0.6) is 11.5 Å². The standard InChI is InChI=1S/C28H28Cl2N2O7S/c1-28(11-12-32(28)40(36,37)21-15-19(29)14-20(30)16-21)27(35)31-22(26(33)34)13-17-7-9-18(10-8-17)25-23(38-2)5-4-6-24(25)39-3/h4-10,14-16,22H,11-13H2,1-3H3,(H,31,35)(H,33,34)/t22-,28-/m0/s1. The molecule has 0 spiro atoms. The number of hydrogen-bond acceptors (Lipinski definition) is 6. The second-order valence-electron chi connectivity index (χ2n) is 9.51. The van der Waals surface area contributed by atoms with E-state index in [-0.39, 0.29) is 34.3 Å². The average Bonchev–Trinajstić information content (AvgIpc) is 2.90. The van der Waals surface area contributed by atoms with Crippen LogP contribution < -0.4 is 14.8 Å². The Morgan fingerprint density at radius 3 is 2.08 bits per heavy atom. The maximum atomic E-state index is 13.3. The molecule has 0 aromatic heterocycles. The zero-order valence-corrected chi connectivity index (χ0v) is 24.3. The van der Waals surface area contributed by atoms with Crippen LogP contribution in [0.2, 0.25) is 10.0 Å². The second kappa shape index (κ2) is 11.7. The highest BCUT2D eigenvalue weighted by atomic mass is 35.5. The van der Waals surface area contributed by atoms with Crippen LogP contribution in [0, 0.1) is 0 Å². The number of sulfonamides is 1. The van der Waals surface area contributed by atoms with Gasteiger partial charge in [0.25, 0.3) is 0 Å². The maximum Gasteiger partial charge on any atom is 0.326 e. The molecule has 2 N–H and O–H groups in total. The maximum absolute atomic E-state index is 13.3. The average molecular weight is 608 g/mol. The first-order valence-electron chi connectivity index (χ1n) is 12.2. The highest BCUT2D eigenvalue weighted by molar-refractivity contribution is 7.89. The highest BCUT2D eigenvalue weighted by Gasteiger charge is 2.53. The fraction of sp³-hybridized carbons (Fsp3) is 0.286. The SMILES string of the molecule is COc1cccc(OC)c1-c1ccc(C[C@H](NC(=O)[C@]2(C)CCN2S(=O)(=O)c2cc(Cl)cc(Cl)c2)C(=O)O)cc1. The van der Waals surface area contributed by atoms with Crippen LogP contribution in [-0.4, -0.2) is 62.1 Å². The van der Waals surface area contributed by atoms with Gasteiger partial charge in [-0.25, -0.2) is 13.2 Å². The van der Waals surface area contributed by atoms with Crippen molar-refractivity contribution in [2.24, 2.45) is 0 Å². The van der Waals surface area contributed by atoms with Crippen LogP contribution in [0.15, 0.2) is 65.6 Å². The van der Waals surface area contributed by atoms with E-state index in [0.29, 0.717) is 17.1 Å². The first kappa shape index (κ1) is 29.7. The fourth-order valence-electron chi connectivity index (χ4n) is 4.65. The van der Waals surface area contributed by atoms with E-state index < -0.39 is 33.5 Å². The van der Waals surface area contributed by atoms with Crippen molar-refractivity contribution in [3.63, 3.8) is 0 Å². The van der Waals surface area contributed by atoms with Gasteiger partial charge in [0, 0.05) is 23.0 Å². The third kappa shape index (κ3) is 5.76. The Balaban J connectivity index is 1.52. The van der Waals surface area contributed by atoms with Gasteiger partial charge in [-0.3, -0.25) is 4.79 Å². The number of aliphatic carboxylic acids is 1. The summed E-state index contributed by atoms with van der Waals surface area (Å²) in [6.07, 6.45) is 0.200. The van der Waals surface area contributed by atoms with E-state index in [2.05, 4.69) is 5.32 Å². The summed E-state index contributed by atoms with van der Waals surface area (Å²) in [6, 6.07) is 15.2. The number of carbonyl (C=O) groups excluding carboxylic acids is 1. The van der Waals surface area contributed by atoms with Crippen molar-refractivity contribution in [2.75, 3.05) is 20.8 Å². The number of halogens is 2. The number of carboxylic acid groups (broad SMARTS) is 1. The molecule has 0 saturated carbocycles. The molecule has 0 unspecified atom stereocenters. The summed E-state index contributed by atoms with van der Waals surface area (Å²) in [4.78, 5) is 25.2. The largest absolute Gasteiger partial charge is 0.496 e. The van der Waals surface area contributed by atoms with Crippen molar-refractivity contribution >= 4 is 45.1 Å². The van der Waals surface area contributed by atoms with Crippen molar-refractivity contribution in [1.82, 2.24) is 9.62 Å². The summed E-state index contributed by atoms with van der Waals surface area (Å²) in [5, 5.41) is 12.7. The number of rotatable bonds is 10. The minimum absolute atomic E-state index is 0.0167. The van der Waals surface area contributed by atoms with Crippen LogP contribution in [0.25, 0.3) is 11.1 Å². The van der Waals surface area contributed by atoms with Crippen molar-refractivity contribution in [3.05, 3.63) is 76.3 Å². The second-order valence-corrected chi connectivity index (χ2v) is 12.2. The number of nitrogens with zero attached hydrogens (tertiary/aromatic N) is 1. The Bertz CT molecular complexity index is 1500. The van der Waals surface area contributed by atoms with Crippen molar-refractivity contribution in [3.8, 4) is 22.6 Å². The molecule has 0 radical (unpaired) electrons. The molecule has 4 rings (SSSR count). The van der Waals surface area contributed by atoms with Crippen LogP contribution >= 0.6 is 23.2 Å². The Hall–Kier alpha value is -3.31. The lowest BCUT2D eigenvalue weighted by atomic mass is 9.88. The first-order valence-corrected chi connectivity index (χ1v) is 14.4. The van der Waals surface area contributed by atoms with Gasteiger partial charge >= 0.3 is 5.97 Å². The molecule has 1 aliphatic heterocycles. The van der Waals surface area contributed by atoms with Gasteiger partial charge in [0.1, 0.15) is 23.1 Å². The van der Waals surface area contributed by atoms with Gasteiger partial charge in [-0.2, -0.15) is 4.31 Å². The van der Waals surface area contributed by atoms with Gasteiger partial charge in [-0.15, -0.1) is 0 Å². The lowest BCUT2D eigenvalue weighted by Crippen LogP contribution is -2.68. The quantitative estimate of drug-likeness (QED) is 0.344. The van der Waals surface area contributed by atoms with Gasteiger partial charge in [-0.05, 0) is 54.8 Å². The summed E-state index contributed by atoms with van der Waals surface area (Å²) < 4.78 is 38.5. The summed E-state index contributed by atoms with van der Waals surface area (Å²) in [6.45, 7) is 1.55. The van der Waals surface area contributed by atoms with E-state index in [1.165, 1.54) is 25.1 Å². The van der Waals surface area contributed by atoms with Crippen LogP contribution in [0.3, 0.4) is 0 Å². The zero-order chi connectivity index (χ0) is 29.2. The van der Waals surface area contributed by atoms with E-state index in [4.69, 9.17) is 32.7 Å². The molecule has 2 atom stereocenters. The molecule has 0 bridgehead atoms. The Morgan fingerprint density at radius 2 is 1.60 bits per heavy atom. The third-order valence-electron chi connectivity index (χ3n) is 6.98. The molecule has 1 heterocycles. The minimum atomic E-state index is -4.12. The van der Waals surface area contributed by atoms with Gasteiger partial charge in [0.05, 0.1) is 24.7 Å². The Kier molecular flexibility index (Phi) is 8.65. The molecule has 0 aliphatic carbocycles. The number of methoxy groups -OCH3 is 2. The van der Waals surface area contributed by atoms with Crippen LogP contribution in [-0.2, 0) is 26.0 Å². The number of amides is 1. The summed E-state index contributed by atoms with van der Waals surface area (Å²) in [5.41, 5.74) is 0.730. The summed E-state index contributed by atoms with van der Waals surface area (Å²) in [7, 11) is -0.999. The van der Waals surface area contributed by atoms with E-state index >= 15 is 0 Å². The molecule has 3 aromatic carbocycles. The molecule has 9 nitrogen and oxygen atoms in total. The number of carboxylic acids is 1. The summed E-state index contributed by atoms with van der Waals surface area (Å²) in [5.74, 6) is -0.715. The topological polar surface area (TPSA) is 122 Å². The summed E-state index contributed by atoms with van der Waals surface area (Å²) >= 11 is 12.0. The molecule has 1 fully saturated rings. The molecule has 1 saturated heterocycles. The number of carbonyl (C=O) groups is 2. The number of ether oxygens (including phenoxy) is 2. The van der Waals surface area contributed by atoms with Crippen LogP contribution in [0.4, 0.5) is 0 Å². The van der Waals surface area contributed by atoms with Gasteiger partial charge in [0.2, 0.25) is 15.9 Å². The first-order chi connectivity index (χ1) is 18.9. The Labute approximate surface area is 242 Å². The highest BCUT2D eigenvalue weighted by Crippen LogP contribution is 2.39. The molecule has 3 aromatic rings. The number of benzene rings is 3. The van der Waals surface area contributed by atoms with Crippen molar-refractivity contribution < 1.29 is 32.6 Å². The fourth-order valence-corrected chi connectivity index (χ4v) is 7.15.